The summed E-state index contributed by atoms with van der Waals surface area (Å²) in [6, 6.07) is -1.31. The number of ketones is 1. The van der Waals surface area contributed by atoms with Gasteiger partial charge in [0.1, 0.15) is 18.4 Å². The van der Waals surface area contributed by atoms with Crippen molar-refractivity contribution >= 4 is 30.1 Å². The summed E-state index contributed by atoms with van der Waals surface area (Å²) in [6.45, 7) is 2.48. The van der Waals surface area contributed by atoms with E-state index in [2.05, 4.69) is 0 Å². The standard InChI is InChI=1S/C13H24N2O6.ClH/c1-7(16)10(12(18)19)9(6-15(3,4)5)21-13(20)11(14)8(2)17;/h8-11,17H,6,14H2,1-5H3;1H/t8-,9?,10?,11+;/m1./s1. The van der Waals surface area contributed by atoms with Crippen molar-refractivity contribution in [2.24, 2.45) is 11.7 Å². The fraction of sp³-hybridized carbons (Fsp3) is 0.769. The Bertz CT molecular complexity index is 394. The van der Waals surface area contributed by atoms with Gasteiger partial charge in [-0.2, -0.15) is 0 Å². The van der Waals surface area contributed by atoms with Crippen LogP contribution in [0.15, 0.2) is 0 Å². The van der Waals surface area contributed by atoms with Crippen LogP contribution in [0.3, 0.4) is 0 Å². The molecule has 9 heteroatoms. The van der Waals surface area contributed by atoms with Crippen molar-refractivity contribution in [1.29, 1.82) is 0 Å². The molecule has 8 nitrogen and oxygen atoms in total. The molecule has 130 valence electrons. The predicted molar refractivity (Wildman–Crippen MR) is 78.9 cm³/mol. The predicted octanol–water partition coefficient (Wildman–Crippen LogP) is -2.31. The summed E-state index contributed by atoms with van der Waals surface area (Å²) < 4.78 is 5.32. The van der Waals surface area contributed by atoms with Crippen molar-refractivity contribution < 1.29 is 33.8 Å². The van der Waals surface area contributed by atoms with Gasteiger partial charge in [-0.15, -0.1) is 12.4 Å². The summed E-state index contributed by atoms with van der Waals surface area (Å²) in [5.41, 5.74) is 5.45. The number of carboxylic acids is 1. The molecule has 0 bridgehead atoms. The molecule has 0 fully saturated rings. The largest absolute Gasteiger partial charge is 0.549 e. The number of carbonyl (C=O) groups excluding carboxylic acids is 3. The summed E-state index contributed by atoms with van der Waals surface area (Å²) in [5, 5.41) is 20.4. The molecule has 0 amide bonds. The Morgan fingerprint density at radius 1 is 1.27 bits per heavy atom. The molecular formula is C13H25ClN2O6. The summed E-state index contributed by atoms with van der Waals surface area (Å²) in [5.74, 6) is -4.82. The first kappa shape index (κ1) is 23.1. The number of hydrogen-bond donors (Lipinski definition) is 2. The molecular weight excluding hydrogens is 316 g/mol. The van der Waals surface area contributed by atoms with Crippen molar-refractivity contribution in [3.63, 3.8) is 0 Å². The number of hydrogen-bond acceptors (Lipinski definition) is 7. The third-order valence-corrected chi connectivity index (χ3v) is 2.85. The molecule has 0 radical (unpaired) electrons. The van der Waals surface area contributed by atoms with Crippen LogP contribution in [0, 0.1) is 5.92 Å². The molecule has 22 heavy (non-hydrogen) atoms. The fourth-order valence-corrected chi connectivity index (χ4v) is 1.75. The van der Waals surface area contributed by atoms with Gasteiger partial charge in [0.05, 0.1) is 39.1 Å². The zero-order chi connectivity index (χ0) is 17.0. The zero-order valence-electron chi connectivity index (χ0n) is 13.4. The summed E-state index contributed by atoms with van der Waals surface area (Å²) in [6.07, 6.45) is -2.37. The van der Waals surface area contributed by atoms with Gasteiger partial charge in [-0.05, 0) is 13.8 Å². The SMILES string of the molecule is CC(=O)C(C(=O)[O-])C(C[N+](C)(C)C)OC(=O)[C@@H](N)[C@@H](C)O.Cl. The number of likely N-dealkylation sites (N-methyl/N-ethyl adjacent to an activating group) is 1. The maximum absolute atomic E-state index is 11.8. The monoisotopic (exact) mass is 340 g/mol. The number of aliphatic carboxylic acids is 1. The van der Waals surface area contributed by atoms with E-state index in [4.69, 9.17) is 10.5 Å². The van der Waals surface area contributed by atoms with E-state index in [-0.39, 0.29) is 23.4 Å². The van der Waals surface area contributed by atoms with Gasteiger partial charge in [0, 0.05) is 0 Å². The molecule has 0 saturated heterocycles. The molecule has 0 aromatic heterocycles. The van der Waals surface area contributed by atoms with E-state index in [9.17, 15) is 24.6 Å². The second-order valence-corrected chi connectivity index (χ2v) is 6.12. The number of halogens is 1. The number of esters is 1. The maximum Gasteiger partial charge on any atom is 0.326 e. The highest BCUT2D eigenvalue weighted by Crippen LogP contribution is 2.14. The number of aliphatic hydroxyl groups excluding tert-OH is 1. The molecule has 0 aliphatic rings. The second kappa shape index (κ2) is 9.04. The number of ether oxygens (including phenoxy) is 1. The van der Waals surface area contributed by atoms with Gasteiger partial charge in [-0.25, -0.2) is 0 Å². The van der Waals surface area contributed by atoms with Crippen molar-refractivity contribution in [3.8, 4) is 0 Å². The number of Topliss-reactive ketones (excluding diaryl/α,β-unsaturated/α-hetero) is 1. The van der Waals surface area contributed by atoms with Crippen molar-refractivity contribution in [2.75, 3.05) is 27.7 Å². The average Bonchev–Trinajstić information content (AvgIpc) is 2.23. The van der Waals surface area contributed by atoms with Crippen LogP contribution in [-0.2, 0) is 19.1 Å². The van der Waals surface area contributed by atoms with Gasteiger partial charge in [0.25, 0.3) is 0 Å². The van der Waals surface area contributed by atoms with Crippen LogP contribution < -0.4 is 10.8 Å². The summed E-state index contributed by atoms with van der Waals surface area (Å²) in [7, 11) is 5.26. The highest BCUT2D eigenvalue weighted by atomic mass is 35.5. The second-order valence-electron chi connectivity index (χ2n) is 6.12. The lowest BCUT2D eigenvalue weighted by Crippen LogP contribution is -2.54. The maximum atomic E-state index is 11.8. The zero-order valence-corrected chi connectivity index (χ0v) is 14.3. The number of aliphatic hydroxyl groups is 1. The molecule has 0 aliphatic carbocycles. The molecule has 0 rings (SSSR count). The van der Waals surface area contributed by atoms with Crippen LogP contribution in [-0.4, -0.2) is 73.2 Å². The molecule has 0 saturated carbocycles. The smallest absolute Gasteiger partial charge is 0.326 e. The minimum absolute atomic E-state index is 0. The van der Waals surface area contributed by atoms with Crippen LogP contribution in [0.2, 0.25) is 0 Å². The van der Waals surface area contributed by atoms with Crippen molar-refractivity contribution in [1.82, 2.24) is 0 Å². The Morgan fingerprint density at radius 2 is 1.73 bits per heavy atom. The third kappa shape index (κ3) is 7.69. The Balaban J connectivity index is 0. The van der Waals surface area contributed by atoms with E-state index in [0.717, 1.165) is 6.92 Å². The highest BCUT2D eigenvalue weighted by Gasteiger charge is 2.36. The van der Waals surface area contributed by atoms with Gasteiger partial charge in [-0.1, -0.05) is 0 Å². The Hall–Kier alpha value is -1.22. The van der Waals surface area contributed by atoms with E-state index in [1.54, 1.807) is 21.1 Å². The Morgan fingerprint density at radius 3 is 2.00 bits per heavy atom. The highest BCUT2D eigenvalue weighted by molar-refractivity contribution is 5.97. The van der Waals surface area contributed by atoms with Gasteiger partial charge in [0.15, 0.2) is 6.10 Å². The van der Waals surface area contributed by atoms with E-state index < -0.39 is 41.9 Å². The molecule has 2 unspecified atom stereocenters. The summed E-state index contributed by atoms with van der Waals surface area (Å²) >= 11 is 0. The number of carboxylic acid groups (broad SMARTS) is 1. The molecule has 0 spiro atoms. The first-order valence-corrected chi connectivity index (χ1v) is 6.52. The summed E-state index contributed by atoms with van der Waals surface area (Å²) in [4.78, 5) is 34.4. The number of carbonyl (C=O) groups is 3. The average molecular weight is 341 g/mol. The van der Waals surface area contributed by atoms with E-state index >= 15 is 0 Å². The molecule has 3 N–H and O–H groups in total. The number of nitrogens with zero attached hydrogens (tertiary/aromatic N) is 1. The normalized spacial score (nSPS) is 16.7. The third-order valence-electron chi connectivity index (χ3n) is 2.85. The van der Waals surface area contributed by atoms with Crippen LogP contribution in [0.4, 0.5) is 0 Å². The van der Waals surface area contributed by atoms with Gasteiger partial charge < -0.3 is 30.0 Å². The van der Waals surface area contributed by atoms with E-state index in [0.29, 0.717) is 0 Å². The van der Waals surface area contributed by atoms with E-state index in [1.165, 1.54) is 6.92 Å². The van der Waals surface area contributed by atoms with Crippen LogP contribution >= 0.6 is 12.4 Å². The lowest BCUT2D eigenvalue weighted by atomic mass is 9.97. The van der Waals surface area contributed by atoms with Gasteiger partial charge in [0.2, 0.25) is 0 Å². The minimum Gasteiger partial charge on any atom is -0.549 e. The van der Waals surface area contributed by atoms with Crippen molar-refractivity contribution in [3.05, 3.63) is 0 Å². The first-order chi connectivity index (χ1) is 9.36. The minimum atomic E-state index is -1.61. The quantitative estimate of drug-likeness (QED) is 0.288. The molecule has 0 aromatic carbocycles. The number of quaternary nitrogens is 1. The fourth-order valence-electron chi connectivity index (χ4n) is 1.75. The lowest BCUT2D eigenvalue weighted by molar-refractivity contribution is -0.873. The molecule has 4 atom stereocenters. The van der Waals surface area contributed by atoms with Crippen LogP contribution in [0.1, 0.15) is 13.8 Å². The Labute approximate surface area is 136 Å². The topological polar surface area (TPSA) is 130 Å². The molecule has 0 heterocycles. The van der Waals surface area contributed by atoms with Crippen molar-refractivity contribution in [2.45, 2.75) is 32.1 Å². The number of nitrogens with two attached hydrogens (primary N) is 1. The Kier molecular flexibility index (Phi) is 9.47. The first-order valence-electron chi connectivity index (χ1n) is 6.52. The number of rotatable bonds is 8. The molecule has 0 aliphatic heterocycles. The van der Waals surface area contributed by atoms with Gasteiger partial charge >= 0.3 is 5.97 Å². The molecule has 0 aromatic rings. The van der Waals surface area contributed by atoms with E-state index in [1.807, 2.05) is 0 Å². The van der Waals surface area contributed by atoms with Gasteiger partial charge in [-0.3, -0.25) is 9.59 Å². The lowest BCUT2D eigenvalue weighted by Gasteiger charge is -2.33. The van der Waals surface area contributed by atoms with Crippen LogP contribution in [0.25, 0.3) is 0 Å². The van der Waals surface area contributed by atoms with Crippen LogP contribution in [0.5, 0.6) is 0 Å².